The van der Waals surface area contributed by atoms with Gasteiger partial charge >= 0.3 is 0 Å². The third kappa shape index (κ3) is 5.45. The number of halogens is 1. The van der Waals surface area contributed by atoms with Crippen molar-refractivity contribution in [1.29, 1.82) is 0 Å². The first-order valence-electron chi connectivity index (χ1n) is 13.3. The Kier molecular flexibility index (Phi) is 7.74. The molecule has 0 bridgehead atoms. The zero-order valence-electron chi connectivity index (χ0n) is 23.2. The molecule has 0 saturated carbocycles. The number of nitrogens with zero attached hydrogens (tertiary/aromatic N) is 1. The van der Waals surface area contributed by atoms with Crippen LogP contribution in [0.15, 0.2) is 65.1 Å². The van der Waals surface area contributed by atoms with Crippen LogP contribution >= 0.6 is 0 Å². The van der Waals surface area contributed by atoms with Crippen LogP contribution in [0.3, 0.4) is 0 Å². The normalized spacial score (nSPS) is 15.0. The van der Waals surface area contributed by atoms with Crippen LogP contribution in [0.25, 0.3) is 33.4 Å². The molecule has 3 amide bonds. The minimum Gasteiger partial charge on any atom is -0.455 e. The summed E-state index contributed by atoms with van der Waals surface area (Å²) in [5.74, 6) is -1.42. The SMILES string of the molecule is CCN(c1cc2oc(-c3ccc(F)cc3)c(C(=O)NC)c2cc1-c1cccc(C(=O)NC2CCNC2=O)c1)S(C)(=O)=O. The minimum absolute atomic E-state index is 0.0993. The van der Waals surface area contributed by atoms with Crippen LogP contribution in [0.4, 0.5) is 10.1 Å². The zero-order chi connectivity index (χ0) is 30.2. The molecule has 2 heterocycles. The van der Waals surface area contributed by atoms with Gasteiger partial charge in [0.1, 0.15) is 23.2 Å². The fourth-order valence-electron chi connectivity index (χ4n) is 5.11. The van der Waals surface area contributed by atoms with Crippen molar-refractivity contribution < 1.29 is 31.6 Å². The van der Waals surface area contributed by atoms with Gasteiger partial charge in [-0.3, -0.25) is 18.7 Å². The first kappa shape index (κ1) is 28.8. The third-order valence-corrected chi connectivity index (χ3v) is 8.37. The molecule has 1 atom stereocenters. The summed E-state index contributed by atoms with van der Waals surface area (Å²) in [6.45, 7) is 2.26. The van der Waals surface area contributed by atoms with Gasteiger partial charge < -0.3 is 20.4 Å². The molecule has 10 nitrogen and oxygen atoms in total. The molecule has 1 aliphatic rings. The fourth-order valence-corrected chi connectivity index (χ4v) is 6.09. The van der Waals surface area contributed by atoms with Gasteiger partial charge in [-0.2, -0.15) is 0 Å². The highest BCUT2D eigenvalue weighted by Crippen LogP contribution is 2.41. The number of rotatable bonds is 8. The molecule has 42 heavy (non-hydrogen) atoms. The molecule has 218 valence electrons. The molecule has 12 heteroatoms. The van der Waals surface area contributed by atoms with Crippen LogP contribution in [0.2, 0.25) is 0 Å². The molecule has 0 aliphatic carbocycles. The first-order chi connectivity index (χ1) is 20.0. The van der Waals surface area contributed by atoms with Gasteiger partial charge in [0, 0.05) is 48.3 Å². The molecule has 3 N–H and O–H groups in total. The maximum absolute atomic E-state index is 13.7. The summed E-state index contributed by atoms with van der Waals surface area (Å²) < 4.78 is 46.7. The van der Waals surface area contributed by atoms with E-state index in [-0.39, 0.29) is 40.6 Å². The maximum atomic E-state index is 13.7. The van der Waals surface area contributed by atoms with Crippen molar-refractivity contribution in [3.63, 3.8) is 0 Å². The molecule has 0 spiro atoms. The number of carbonyl (C=O) groups excluding carboxylic acids is 3. The van der Waals surface area contributed by atoms with Crippen molar-refractivity contribution in [2.24, 2.45) is 0 Å². The van der Waals surface area contributed by atoms with Crippen molar-refractivity contribution in [1.82, 2.24) is 16.0 Å². The van der Waals surface area contributed by atoms with E-state index in [0.717, 1.165) is 6.26 Å². The Hall–Kier alpha value is -4.71. The van der Waals surface area contributed by atoms with Crippen molar-refractivity contribution in [3.8, 4) is 22.5 Å². The van der Waals surface area contributed by atoms with Gasteiger partial charge in [-0.15, -0.1) is 0 Å². The summed E-state index contributed by atoms with van der Waals surface area (Å²) in [7, 11) is -2.28. The second-order valence-electron chi connectivity index (χ2n) is 9.87. The van der Waals surface area contributed by atoms with Crippen LogP contribution in [0, 0.1) is 5.82 Å². The molecule has 1 unspecified atom stereocenters. The standard InChI is InChI=1S/C30H29FN4O6S/c1-4-35(42(3,39)40)24-16-25-22(26(30(38)32-2)27(41-25)17-8-10-20(31)11-9-17)15-21(24)18-6-5-7-19(14-18)28(36)34-23-12-13-33-29(23)37/h5-11,14-16,23H,4,12-13H2,1-3H3,(H,32,38)(H,33,37)(H,34,36). The minimum atomic E-state index is -3.75. The van der Waals surface area contributed by atoms with Gasteiger partial charge in [-0.25, -0.2) is 12.8 Å². The predicted molar refractivity (Wildman–Crippen MR) is 157 cm³/mol. The topological polar surface area (TPSA) is 138 Å². The lowest BCUT2D eigenvalue weighted by Gasteiger charge is -2.24. The van der Waals surface area contributed by atoms with Crippen molar-refractivity contribution in [3.05, 3.63) is 77.6 Å². The Morgan fingerprint density at radius 1 is 1.07 bits per heavy atom. The molecule has 1 aromatic heterocycles. The molecular weight excluding hydrogens is 563 g/mol. The Balaban J connectivity index is 1.72. The lowest BCUT2D eigenvalue weighted by Crippen LogP contribution is -2.40. The van der Waals surface area contributed by atoms with Crippen LogP contribution < -0.4 is 20.3 Å². The van der Waals surface area contributed by atoms with Crippen LogP contribution in [-0.2, 0) is 14.8 Å². The average Bonchev–Trinajstić information content (AvgIpc) is 3.54. The second-order valence-corrected chi connectivity index (χ2v) is 11.8. The number of benzene rings is 3. The molecule has 5 rings (SSSR count). The van der Waals surface area contributed by atoms with Gasteiger partial charge in [-0.1, -0.05) is 12.1 Å². The molecule has 3 aromatic carbocycles. The van der Waals surface area contributed by atoms with E-state index in [1.165, 1.54) is 35.6 Å². The predicted octanol–water partition coefficient (Wildman–Crippen LogP) is 3.67. The highest BCUT2D eigenvalue weighted by atomic mass is 32.2. The lowest BCUT2D eigenvalue weighted by atomic mass is 9.97. The van der Waals surface area contributed by atoms with E-state index in [9.17, 15) is 27.2 Å². The summed E-state index contributed by atoms with van der Waals surface area (Å²) in [5.41, 5.74) is 2.38. The molecule has 0 radical (unpaired) electrons. The van der Waals surface area contributed by atoms with Gasteiger partial charge in [0.2, 0.25) is 15.9 Å². The third-order valence-electron chi connectivity index (χ3n) is 7.11. The summed E-state index contributed by atoms with van der Waals surface area (Å²) in [5, 5.41) is 8.42. The summed E-state index contributed by atoms with van der Waals surface area (Å²) in [6, 6.07) is 14.6. The van der Waals surface area contributed by atoms with Crippen LogP contribution in [-0.4, -0.2) is 58.6 Å². The number of amides is 3. The second kappa shape index (κ2) is 11.3. The smallest absolute Gasteiger partial charge is 0.255 e. The Bertz CT molecular complexity index is 1820. The molecule has 1 saturated heterocycles. The summed E-state index contributed by atoms with van der Waals surface area (Å²) >= 11 is 0. The zero-order valence-corrected chi connectivity index (χ0v) is 24.0. The monoisotopic (exact) mass is 592 g/mol. The molecule has 1 fully saturated rings. The number of hydrogen-bond acceptors (Lipinski definition) is 6. The molecule has 4 aromatic rings. The number of furan rings is 1. The Morgan fingerprint density at radius 2 is 1.81 bits per heavy atom. The number of anilines is 1. The fraction of sp³-hybridized carbons (Fsp3) is 0.233. The number of sulfonamides is 1. The maximum Gasteiger partial charge on any atom is 0.255 e. The van der Waals surface area contributed by atoms with Gasteiger partial charge in [0.05, 0.1) is 17.5 Å². The highest BCUT2D eigenvalue weighted by Gasteiger charge is 2.28. The van der Waals surface area contributed by atoms with E-state index in [0.29, 0.717) is 35.0 Å². The van der Waals surface area contributed by atoms with E-state index >= 15 is 0 Å². The van der Waals surface area contributed by atoms with Crippen LogP contribution in [0.1, 0.15) is 34.1 Å². The Morgan fingerprint density at radius 3 is 2.43 bits per heavy atom. The van der Waals surface area contributed by atoms with Crippen molar-refractivity contribution in [2.75, 3.05) is 30.7 Å². The summed E-state index contributed by atoms with van der Waals surface area (Å²) in [4.78, 5) is 38.2. The largest absolute Gasteiger partial charge is 0.455 e. The number of hydrogen-bond donors (Lipinski definition) is 3. The van der Waals surface area contributed by atoms with Crippen LogP contribution in [0.5, 0.6) is 0 Å². The number of carbonyl (C=O) groups is 3. The van der Waals surface area contributed by atoms with E-state index in [1.54, 1.807) is 43.3 Å². The van der Waals surface area contributed by atoms with E-state index < -0.39 is 33.7 Å². The number of nitrogens with one attached hydrogen (secondary N) is 3. The quantitative estimate of drug-likeness (QED) is 0.286. The van der Waals surface area contributed by atoms with Crippen molar-refractivity contribution >= 4 is 44.4 Å². The Labute approximate surface area is 241 Å². The average molecular weight is 593 g/mol. The lowest BCUT2D eigenvalue weighted by molar-refractivity contribution is -0.120. The van der Waals surface area contributed by atoms with Crippen molar-refractivity contribution in [2.45, 2.75) is 19.4 Å². The van der Waals surface area contributed by atoms with Gasteiger partial charge in [0.15, 0.2) is 0 Å². The first-order valence-corrected chi connectivity index (χ1v) is 15.1. The highest BCUT2D eigenvalue weighted by molar-refractivity contribution is 7.92. The van der Waals surface area contributed by atoms with Gasteiger partial charge in [-0.05, 0) is 61.4 Å². The molecular formula is C30H29FN4O6S. The van der Waals surface area contributed by atoms with E-state index in [1.807, 2.05) is 0 Å². The van der Waals surface area contributed by atoms with E-state index in [4.69, 9.17) is 4.42 Å². The summed E-state index contributed by atoms with van der Waals surface area (Å²) in [6.07, 6.45) is 1.56. The number of fused-ring (bicyclic) bond motifs is 1. The van der Waals surface area contributed by atoms with E-state index in [2.05, 4.69) is 16.0 Å². The van der Waals surface area contributed by atoms with Gasteiger partial charge in [0.25, 0.3) is 11.8 Å². The molecule has 1 aliphatic heterocycles.